The highest BCUT2D eigenvalue weighted by Gasteiger charge is 2.34. The lowest BCUT2D eigenvalue weighted by molar-refractivity contribution is -0.126. The molecule has 0 radical (unpaired) electrons. The predicted octanol–water partition coefficient (Wildman–Crippen LogP) is 4.16. The minimum Gasteiger partial charge on any atom is -0.376 e. The first kappa shape index (κ1) is 25.6. The third-order valence-electron chi connectivity index (χ3n) is 6.24. The number of anilines is 1. The van der Waals surface area contributed by atoms with Gasteiger partial charge in [-0.05, 0) is 54.8 Å². The molecule has 1 aliphatic rings. The summed E-state index contributed by atoms with van der Waals surface area (Å²) in [7, 11) is 0. The third kappa shape index (κ3) is 6.01. The number of aryl methyl sites for hydroxylation is 2. The average Bonchev–Trinajstić information content (AvgIpc) is 3.60. The van der Waals surface area contributed by atoms with Gasteiger partial charge in [-0.3, -0.25) is 19.3 Å². The first-order valence-corrected chi connectivity index (χ1v) is 13.0. The van der Waals surface area contributed by atoms with Crippen LogP contribution in [0.4, 0.5) is 5.69 Å². The van der Waals surface area contributed by atoms with E-state index >= 15 is 0 Å². The molecule has 1 aromatic heterocycles. The zero-order chi connectivity index (χ0) is 25.5. The number of amides is 3. The van der Waals surface area contributed by atoms with E-state index in [0.717, 1.165) is 24.0 Å². The van der Waals surface area contributed by atoms with Crippen molar-refractivity contribution in [2.75, 3.05) is 24.6 Å². The van der Waals surface area contributed by atoms with E-state index in [0.29, 0.717) is 29.3 Å². The lowest BCUT2D eigenvalue weighted by atomic mass is 9.99. The van der Waals surface area contributed by atoms with Crippen LogP contribution in [-0.4, -0.2) is 43.5 Å². The largest absolute Gasteiger partial charge is 0.376 e. The minimum atomic E-state index is -0.918. The molecular formula is C28H31N3O4S. The summed E-state index contributed by atoms with van der Waals surface area (Å²) < 4.78 is 5.68. The maximum absolute atomic E-state index is 13.8. The Morgan fingerprint density at radius 2 is 1.75 bits per heavy atom. The Morgan fingerprint density at radius 3 is 2.39 bits per heavy atom. The number of para-hydroxylation sites is 1. The molecule has 3 aromatic rings. The first-order valence-electron chi connectivity index (χ1n) is 12.1. The quantitative estimate of drug-likeness (QED) is 0.457. The number of nitrogens with zero attached hydrogens (tertiary/aromatic N) is 1. The van der Waals surface area contributed by atoms with E-state index in [1.807, 2.05) is 67.8 Å². The van der Waals surface area contributed by atoms with Gasteiger partial charge in [0, 0.05) is 13.2 Å². The van der Waals surface area contributed by atoms with Crippen LogP contribution < -0.4 is 15.5 Å². The van der Waals surface area contributed by atoms with E-state index < -0.39 is 6.04 Å². The number of carbonyl (C=O) groups is 3. The monoisotopic (exact) mass is 505 g/mol. The number of benzene rings is 2. The zero-order valence-electron chi connectivity index (χ0n) is 20.5. The molecule has 1 aliphatic heterocycles. The first-order chi connectivity index (χ1) is 17.5. The lowest BCUT2D eigenvalue weighted by Crippen LogP contribution is -2.49. The highest BCUT2D eigenvalue weighted by molar-refractivity contribution is 7.12. The Labute approximate surface area is 215 Å². The van der Waals surface area contributed by atoms with Crippen molar-refractivity contribution in [1.82, 2.24) is 10.6 Å². The van der Waals surface area contributed by atoms with Crippen molar-refractivity contribution in [3.8, 4) is 0 Å². The van der Waals surface area contributed by atoms with Crippen molar-refractivity contribution >= 4 is 34.7 Å². The van der Waals surface area contributed by atoms with Crippen molar-refractivity contribution in [1.29, 1.82) is 0 Å². The van der Waals surface area contributed by atoms with Crippen LogP contribution in [0.3, 0.4) is 0 Å². The van der Waals surface area contributed by atoms with E-state index in [1.54, 1.807) is 12.1 Å². The summed E-state index contributed by atoms with van der Waals surface area (Å²) in [5, 5.41) is 7.54. The van der Waals surface area contributed by atoms with Crippen molar-refractivity contribution < 1.29 is 19.1 Å². The van der Waals surface area contributed by atoms with Gasteiger partial charge in [-0.25, -0.2) is 0 Å². The lowest BCUT2D eigenvalue weighted by Gasteiger charge is -2.34. The van der Waals surface area contributed by atoms with Crippen LogP contribution in [0.2, 0.25) is 0 Å². The molecule has 4 rings (SSSR count). The predicted molar refractivity (Wildman–Crippen MR) is 141 cm³/mol. The molecule has 8 heteroatoms. The van der Waals surface area contributed by atoms with Gasteiger partial charge in [-0.1, -0.05) is 54.6 Å². The smallest absolute Gasteiger partial charge is 0.261 e. The fourth-order valence-electron chi connectivity index (χ4n) is 4.49. The molecular weight excluding hydrogens is 474 g/mol. The van der Waals surface area contributed by atoms with Crippen molar-refractivity contribution in [2.24, 2.45) is 0 Å². The van der Waals surface area contributed by atoms with Crippen LogP contribution >= 0.6 is 11.3 Å². The summed E-state index contributed by atoms with van der Waals surface area (Å²) in [6.07, 6.45) is 1.84. The van der Waals surface area contributed by atoms with Crippen LogP contribution in [0.1, 0.15) is 45.2 Å². The highest BCUT2D eigenvalue weighted by Crippen LogP contribution is 2.33. The second-order valence-corrected chi connectivity index (χ2v) is 9.81. The second kappa shape index (κ2) is 12.0. The van der Waals surface area contributed by atoms with Gasteiger partial charge < -0.3 is 15.4 Å². The molecule has 0 bridgehead atoms. The average molecular weight is 506 g/mol. The topological polar surface area (TPSA) is 87.7 Å². The Balaban J connectivity index is 1.68. The summed E-state index contributed by atoms with van der Waals surface area (Å²) in [5.41, 5.74) is 3.07. The molecule has 3 amide bonds. The van der Waals surface area contributed by atoms with Crippen LogP contribution in [0.15, 0.2) is 66.0 Å². The van der Waals surface area contributed by atoms with Crippen LogP contribution in [0.25, 0.3) is 0 Å². The van der Waals surface area contributed by atoms with Crippen LogP contribution in [0.5, 0.6) is 0 Å². The standard InChI is InChI=1S/C28H31N3O4S/c1-19-9-6-10-20(2)25(19)31(24(32)18-30-27(33)23-14-8-16-36-23)26(21-11-4-3-5-12-21)28(34)29-17-22-13-7-15-35-22/h3-6,8-12,14,16,22,26H,7,13,15,17-18H2,1-2H3,(H,29,34)(H,30,33)/t22-,26-/m1/s1. The number of carbonyl (C=O) groups excluding carboxylic acids is 3. The normalized spacial score (nSPS) is 15.8. The SMILES string of the molecule is Cc1cccc(C)c1N(C(=O)CNC(=O)c1cccs1)[C@@H](C(=O)NC[C@H]1CCCO1)c1ccccc1. The van der Waals surface area contributed by atoms with E-state index in [2.05, 4.69) is 10.6 Å². The molecule has 1 saturated heterocycles. The molecule has 36 heavy (non-hydrogen) atoms. The molecule has 0 aliphatic carbocycles. The van der Waals surface area contributed by atoms with Gasteiger partial charge in [0.1, 0.15) is 6.04 Å². The molecule has 2 N–H and O–H groups in total. The highest BCUT2D eigenvalue weighted by atomic mass is 32.1. The van der Waals surface area contributed by atoms with Crippen LogP contribution in [0, 0.1) is 13.8 Å². The van der Waals surface area contributed by atoms with Crippen molar-refractivity contribution in [3.05, 3.63) is 87.6 Å². The van der Waals surface area contributed by atoms with E-state index in [-0.39, 0.29) is 30.4 Å². The molecule has 188 valence electrons. The van der Waals surface area contributed by atoms with Gasteiger partial charge in [-0.15, -0.1) is 11.3 Å². The van der Waals surface area contributed by atoms with Gasteiger partial charge in [-0.2, -0.15) is 0 Å². The van der Waals surface area contributed by atoms with Crippen molar-refractivity contribution in [3.63, 3.8) is 0 Å². The second-order valence-electron chi connectivity index (χ2n) is 8.86. The Hall–Kier alpha value is -3.49. The minimum absolute atomic E-state index is 0.0280. The summed E-state index contributed by atoms with van der Waals surface area (Å²) in [6.45, 7) is 4.66. The molecule has 0 spiro atoms. The van der Waals surface area contributed by atoms with E-state index in [9.17, 15) is 14.4 Å². The third-order valence-corrected chi connectivity index (χ3v) is 7.11. The van der Waals surface area contributed by atoms with Crippen molar-refractivity contribution in [2.45, 2.75) is 38.8 Å². The summed E-state index contributed by atoms with van der Waals surface area (Å²) in [4.78, 5) is 42.1. The number of rotatable bonds is 9. The van der Waals surface area contributed by atoms with Gasteiger partial charge >= 0.3 is 0 Å². The van der Waals surface area contributed by atoms with Gasteiger partial charge in [0.05, 0.1) is 23.2 Å². The number of nitrogens with one attached hydrogen (secondary N) is 2. The molecule has 2 atom stereocenters. The Kier molecular flexibility index (Phi) is 8.51. The molecule has 1 fully saturated rings. The number of hydrogen-bond acceptors (Lipinski definition) is 5. The maximum atomic E-state index is 13.8. The maximum Gasteiger partial charge on any atom is 0.261 e. The van der Waals surface area contributed by atoms with Gasteiger partial charge in [0.2, 0.25) is 11.8 Å². The molecule has 2 heterocycles. The summed E-state index contributed by atoms with van der Waals surface area (Å²) in [6, 6.07) is 17.6. The van der Waals surface area contributed by atoms with Gasteiger partial charge in [0.25, 0.3) is 5.91 Å². The molecule has 2 aromatic carbocycles. The van der Waals surface area contributed by atoms with Crippen LogP contribution in [-0.2, 0) is 14.3 Å². The van der Waals surface area contributed by atoms with E-state index in [1.165, 1.54) is 16.2 Å². The molecule has 7 nitrogen and oxygen atoms in total. The summed E-state index contributed by atoms with van der Waals surface area (Å²) in [5.74, 6) is -0.991. The van der Waals surface area contributed by atoms with E-state index in [4.69, 9.17) is 4.74 Å². The fourth-order valence-corrected chi connectivity index (χ4v) is 5.13. The number of hydrogen-bond donors (Lipinski definition) is 2. The molecule has 0 saturated carbocycles. The molecule has 0 unspecified atom stereocenters. The Morgan fingerprint density at radius 1 is 1.00 bits per heavy atom. The Bertz CT molecular complexity index is 1170. The zero-order valence-corrected chi connectivity index (χ0v) is 21.3. The summed E-state index contributed by atoms with van der Waals surface area (Å²) >= 11 is 1.31. The van der Waals surface area contributed by atoms with Gasteiger partial charge in [0.15, 0.2) is 0 Å². The number of thiophene rings is 1. The number of ether oxygens (including phenoxy) is 1. The fraction of sp³-hybridized carbons (Fsp3) is 0.321.